The van der Waals surface area contributed by atoms with Crippen LogP contribution in [-0.4, -0.2) is 35.9 Å². The van der Waals surface area contributed by atoms with Crippen LogP contribution in [0.1, 0.15) is 48.3 Å². The number of hydrogen-bond acceptors (Lipinski definition) is 4. The quantitative estimate of drug-likeness (QED) is 0.450. The topological polar surface area (TPSA) is 84.9 Å². The van der Waals surface area contributed by atoms with Crippen molar-refractivity contribution in [3.63, 3.8) is 0 Å². The average Bonchev–Trinajstić information content (AvgIpc) is 3.49. The number of aliphatic carboxylic acids is 1. The fourth-order valence-electron chi connectivity index (χ4n) is 5.18. The molecule has 6 heteroatoms. The van der Waals surface area contributed by atoms with Crippen LogP contribution in [0, 0.1) is 0 Å². The highest BCUT2D eigenvalue weighted by Crippen LogP contribution is 2.44. The van der Waals surface area contributed by atoms with Gasteiger partial charge < -0.3 is 19.9 Å². The van der Waals surface area contributed by atoms with Crippen LogP contribution in [-0.2, 0) is 16.0 Å². The van der Waals surface area contributed by atoms with Crippen LogP contribution in [0.5, 0.6) is 5.75 Å². The van der Waals surface area contributed by atoms with Crippen LogP contribution in [0.4, 0.5) is 4.79 Å². The van der Waals surface area contributed by atoms with Crippen LogP contribution in [0.2, 0.25) is 0 Å². The number of para-hydroxylation sites is 1. The van der Waals surface area contributed by atoms with Crippen LogP contribution in [0.3, 0.4) is 0 Å². The van der Waals surface area contributed by atoms with Gasteiger partial charge in [-0.25, -0.2) is 9.59 Å². The van der Waals surface area contributed by atoms with Gasteiger partial charge in [0.2, 0.25) is 0 Å². The summed E-state index contributed by atoms with van der Waals surface area (Å²) in [6.07, 6.45) is 3.84. The highest BCUT2D eigenvalue weighted by atomic mass is 16.5. The van der Waals surface area contributed by atoms with Gasteiger partial charge in [0.05, 0.1) is 6.10 Å². The first-order valence-electron chi connectivity index (χ1n) is 12.2. The summed E-state index contributed by atoms with van der Waals surface area (Å²) in [6.45, 7) is 0.133. The van der Waals surface area contributed by atoms with Crippen LogP contribution < -0.4 is 10.1 Å². The lowest BCUT2D eigenvalue weighted by molar-refractivity contribution is -0.139. The lowest BCUT2D eigenvalue weighted by atomic mass is 9.98. The molecule has 1 atom stereocenters. The predicted octanol–water partition coefficient (Wildman–Crippen LogP) is 5.54. The number of carboxylic acid groups (broad SMARTS) is 1. The molecule has 1 saturated carbocycles. The number of carbonyl (C=O) groups is 2. The van der Waals surface area contributed by atoms with Gasteiger partial charge in [0, 0.05) is 12.3 Å². The Morgan fingerprint density at radius 1 is 0.886 bits per heavy atom. The van der Waals surface area contributed by atoms with Crippen LogP contribution >= 0.6 is 0 Å². The molecule has 1 amide bonds. The van der Waals surface area contributed by atoms with Crippen molar-refractivity contribution >= 4 is 12.1 Å². The van der Waals surface area contributed by atoms with Crippen molar-refractivity contribution in [3.8, 4) is 16.9 Å². The number of carbonyl (C=O) groups excluding carboxylic acids is 1. The van der Waals surface area contributed by atoms with Gasteiger partial charge in [0.25, 0.3) is 0 Å². The average molecular weight is 472 g/mol. The molecule has 0 saturated heterocycles. The number of hydrogen-bond donors (Lipinski definition) is 2. The molecule has 35 heavy (non-hydrogen) atoms. The number of rotatable bonds is 8. The van der Waals surface area contributed by atoms with E-state index >= 15 is 0 Å². The third-order valence-corrected chi connectivity index (χ3v) is 6.93. The van der Waals surface area contributed by atoms with Crippen molar-refractivity contribution in [2.24, 2.45) is 0 Å². The van der Waals surface area contributed by atoms with Crippen molar-refractivity contribution < 1.29 is 24.2 Å². The first-order chi connectivity index (χ1) is 17.1. The lowest BCUT2D eigenvalue weighted by Gasteiger charge is -2.20. The fraction of sp³-hybridized carbons (Fsp3) is 0.310. The fourth-order valence-corrected chi connectivity index (χ4v) is 5.18. The summed E-state index contributed by atoms with van der Waals surface area (Å²) in [4.78, 5) is 24.6. The van der Waals surface area contributed by atoms with Gasteiger partial charge >= 0.3 is 12.1 Å². The summed E-state index contributed by atoms with van der Waals surface area (Å²) in [5, 5.41) is 12.3. The van der Waals surface area contributed by atoms with Crippen molar-refractivity contribution in [2.45, 2.75) is 50.2 Å². The van der Waals surface area contributed by atoms with E-state index in [0.29, 0.717) is 5.75 Å². The predicted molar refractivity (Wildman–Crippen MR) is 133 cm³/mol. The van der Waals surface area contributed by atoms with E-state index in [4.69, 9.17) is 9.47 Å². The smallest absolute Gasteiger partial charge is 0.407 e. The largest absolute Gasteiger partial charge is 0.490 e. The normalized spacial score (nSPS) is 15.8. The molecule has 0 aromatic heterocycles. The molecule has 0 spiro atoms. The summed E-state index contributed by atoms with van der Waals surface area (Å²) in [6, 6.07) is 22.5. The first kappa shape index (κ1) is 23.0. The zero-order chi connectivity index (χ0) is 24.2. The van der Waals surface area contributed by atoms with Gasteiger partial charge in [-0.2, -0.15) is 0 Å². The van der Waals surface area contributed by atoms with Crippen molar-refractivity contribution in [1.82, 2.24) is 5.32 Å². The molecule has 0 aliphatic heterocycles. The second kappa shape index (κ2) is 10.2. The Balaban J connectivity index is 1.24. The van der Waals surface area contributed by atoms with Gasteiger partial charge in [-0.15, -0.1) is 0 Å². The monoisotopic (exact) mass is 471 g/mol. The Morgan fingerprint density at radius 2 is 1.49 bits per heavy atom. The third-order valence-electron chi connectivity index (χ3n) is 6.93. The molecular weight excluding hydrogens is 442 g/mol. The standard InChI is InChI=1S/C29H29NO5/c31-28(32)26(17-19-9-1-8-16-27(19)35-20-10-2-3-11-20)30-29(33)34-18-25-23-14-6-4-12-21(23)22-13-5-7-15-24(22)25/h1,4-9,12-16,20,25-26H,2-3,10-11,17-18H2,(H,30,33)(H,31,32). The van der Waals surface area contributed by atoms with E-state index in [9.17, 15) is 14.7 Å². The second-order valence-electron chi connectivity index (χ2n) is 9.20. The molecule has 2 aliphatic carbocycles. The zero-order valence-corrected chi connectivity index (χ0v) is 19.5. The van der Waals surface area contributed by atoms with Crippen LogP contribution in [0.15, 0.2) is 72.8 Å². The minimum Gasteiger partial charge on any atom is -0.490 e. The van der Waals surface area contributed by atoms with E-state index in [-0.39, 0.29) is 25.0 Å². The van der Waals surface area contributed by atoms with Gasteiger partial charge in [-0.1, -0.05) is 66.7 Å². The molecule has 3 aromatic rings. The SMILES string of the molecule is O=C(NC(Cc1ccccc1OC1CCCC1)C(=O)O)OCC1c2ccccc2-c2ccccc21. The number of benzene rings is 3. The van der Waals surface area contributed by atoms with E-state index in [0.717, 1.165) is 53.5 Å². The Bertz CT molecular complexity index is 1170. The molecular formula is C29H29NO5. The first-order valence-corrected chi connectivity index (χ1v) is 12.2. The number of carboxylic acids is 1. The highest BCUT2D eigenvalue weighted by molar-refractivity contribution is 5.81. The summed E-state index contributed by atoms with van der Waals surface area (Å²) >= 11 is 0. The maximum atomic E-state index is 12.7. The number of amides is 1. The maximum absolute atomic E-state index is 12.7. The van der Waals surface area contributed by atoms with E-state index in [1.807, 2.05) is 60.7 Å². The molecule has 6 nitrogen and oxygen atoms in total. The minimum absolute atomic E-state index is 0.0861. The molecule has 3 aromatic carbocycles. The summed E-state index contributed by atoms with van der Waals surface area (Å²) in [5.41, 5.74) is 5.24. The zero-order valence-electron chi connectivity index (χ0n) is 19.5. The molecule has 5 rings (SSSR count). The maximum Gasteiger partial charge on any atom is 0.407 e. The molecule has 2 N–H and O–H groups in total. The highest BCUT2D eigenvalue weighted by Gasteiger charge is 2.30. The van der Waals surface area contributed by atoms with E-state index < -0.39 is 18.1 Å². The lowest BCUT2D eigenvalue weighted by Crippen LogP contribution is -2.43. The minimum atomic E-state index is -1.13. The number of ether oxygens (including phenoxy) is 2. The second-order valence-corrected chi connectivity index (χ2v) is 9.20. The van der Waals surface area contributed by atoms with Gasteiger partial charge in [-0.3, -0.25) is 0 Å². The van der Waals surface area contributed by atoms with Crippen molar-refractivity contribution in [3.05, 3.63) is 89.5 Å². The Kier molecular flexibility index (Phi) is 6.70. The number of fused-ring (bicyclic) bond motifs is 3. The number of alkyl carbamates (subject to hydrolysis) is 1. The van der Waals surface area contributed by atoms with Gasteiger partial charge in [-0.05, 0) is 59.6 Å². The number of nitrogens with one attached hydrogen (secondary N) is 1. The Labute approximate surface area is 204 Å². The molecule has 0 heterocycles. The van der Waals surface area contributed by atoms with Crippen molar-refractivity contribution in [2.75, 3.05) is 6.61 Å². The third kappa shape index (κ3) is 5.02. The molecule has 1 fully saturated rings. The van der Waals surface area contributed by atoms with E-state index in [1.165, 1.54) is 0 Å². The Hall–Kier alpha value is -3.80. The molecule has 180 valence electrons. The molecule has 0 radical (unpaired) electrons. The summed E-state index contributed by atoms with van der Waals surface area (Å²) in [5.74, 6) is -0.522. The van der Waals surface area contributed by atoms with Gasteiger partial charge in [0.1, 0.15) is 18.4 Å². The summed E-state index contributed by atoms with van der Waals surface area (Å²) < 4.78 is 11.7. The molecule has 0 bridgehead atoms. The Morgan fingerprint density at radius 3 is 2.14 bits per heavy atom. The molecule has 2 aliphatic rings. The van der Waals surface area contributed by atoms with Crippen molar-refractivity contribution in [1.29, 1.82) is 0 Å². The van der Waals surface area contributed by atoms with E-state index in [2.05, 4.69) is 17.4 Å². The van der Waals surface area contributed by atoms with E-state index in [1.54, 1.807) is 0 Å². The summed E-state index contributed by atoms with van der Waals surface area (Å²) in [7, 11) is 0. The van der Waals surface area contributed by atoms with Gasteiger partial charge in [0.15, 0.2) is 0 Å². The molecule has 1 unspecified atom stereocenters. The van der Waals surface area contributed by atoms with Crippen LogP contribution in [0.25, 0.3) is 11.1 Å².